The van der Waals surface area contributed by atoms with Gasteiger partial charge in [-0.25, -0.2) is 17.9 Å². The molecular weight excluding hydrogens is 287 g/mol. The van der Waals surface area contributed by atoms with Gasteiger partial charge in [-0.15, -0.1) is 0 Å². The van der Waals surface area contributed by atoms with E-state index in [0.29, 0.717) is 0 Å². The highest BCUT2D eigenvalue weighted by atomic mass is 32.2. The first-order valence-electron chi connectivity index (χ1n) is 5.28. The number of amides is 1. The van der Waals surface area contributed by atoms with Gasteiger partial charge in [0.1, 0.15) is 10.7 Å². The van der Waals surface area contributed by atoms with Crippen molar-refractivity contribution in [1.82, 2.24) is 10.2 Å². The average molecular weight is 296 g/mol. The molecule has 7 nitrogen and oxygen atoms in total. The number of sulfonamides is 1. The number of hydrogen-bond donors (Lipinski definition) is 2. The molecule has 20 heavy (non-hydrogen) atoms. The molecule has 0 fully saturated rings. The number of nitrogens with zero attached hydrogens (tertiary/aromatic N) is 2. The number of nitrogens with one attached hydrogen (secondary N) is 1. The van der Waals surface area contributed by atoms with Gasteiger partial charge in [-0.05, 0) is 24.3 Å². The fourth-order valence-corrected chi connectivity index (χ4v) is 2.14. The Kier molecular flexibility index (Phi) is 3.72. The monoisotopic (exact) mass is 296 g/mol. The number of aromatic nitrogens is 2. The first-order chi connectivity index (χ1) is 9.38. The fourth-order valence-electron chi connectivity index (χ4n) is 1.47. The highest BCUT2D eigenvalue weighted by Crippen LogP contribution is 2.21. The number of halogens is 1. The zero-order valence-corrected chi connectivity index (χ0v) is 10.8. The van der Waals surface area contributed by atoms with E-state index in [2.05, 4.69) is 15.5 Å². The summed E-state index contributed by atoms with van der Waals surface area (Å²) < 4.78 is 35.9. The van der Waals surface area contributed by atoms with Gasteiger partial charge < -0.3 is 5.32 Å². The van der Waals surface area contributed by atoms with Crippen LogP contribution in [0.2, 0.25) is 0 Å². The molecule has 0 saturated heterocycles. The number of hydrogen-bond acceptors (Lipinski definition) is 5. The lowest BCUT2D eigenvalue weighted by molar-refractivity contribution is 0.102. The molecule has 2 aromatic rings. The topological polar surface area (TPSA) is 115 Å². The number of anilines is 1. The van der Waals surface area contributed by atoms with E-state index in [-0.39, 0.29) is 16.1 Å². The second-order valence-electron chi connectivity index (χ2n) is 3.77. The van der Waals surface area contributed by atoms with Crippen LogP contribution in [-0.4, -0.2) is 24.5 Å². The van der Waals surface area contributed by atoms with Crippen LogP contribution in [0.15, 0.2) is 41.6 Å². The lowest BCUT2D eigenvalue weighted by Gasteiger charge is -2.09. The zero-order valence-electron chi connectivity index (χ0n) is 9.95. The first kappa shape index (κ1) is 14.0. The third-order valence-corrected chi connectivity index (χ3v) is 3.31. The first-order valence-corrected chi connectivity index (χ1v) is 6.83. The van der Waals surface area contributed by atoms with Gasteiger partial charge in [0.15, 0.2) is 0 Å². The molecule has 1 aromatic heterocycles. The van der Waals surface area contributed by atoms with Crippen molar-refractivity contribution >= 4 is 21.6 Å². The van der Waals surface area contributed by atoms with Gasteiger partial charge >= 0.3 is 0 Å². The van der Waals surface area contributed by atoms with Gasteiger partial charge in [0, 0.05) is 0 Å². The lowest BCUT2D eigenvalue weighted by Crippen LogP contribution is -2.18. The summed E-state index contributed by atoms with van der Waals surface area (Å²) in [5.41, 5.74) is -0.0982. The molecule has 1 aromatic carbocycles. The van der Waals surface area contributed by atoms with Crippen LogP contribution in [0, 0.1) is 5.82 Å². The number of carbonyl (C=O) groups excluding carboxylic acids is 1. The van der Waals surface area contributed by atoms with Crippen molar-refractivity contribution in [3.05, 3.63) is 48.0 Å². The Labute approximate surface area is 113 Å². The van der Waals surface area contributed by atoms with Crippen LogP contribution < -0.4 is 10.5 Å². The highest BCUT2D eigenvalue weighted by molar-refractivity contribution is 7.89. The Hall–Kier alpha value is -2.39. The van der Waals surface area contributed by atoms with Gasteiger partial charge in [0.2, 0.25) is 10.0 Å². The molecule has 0 atom stereocenters. The predicted octanol–water partition coefficient (Wildman–Crippen LogP) is 0.515. The Morgan fingerprint density at radius 3 is 2.60 bits per heavy atom. The molecule has 2 rings (SSSR count). The number of benzene rings is 1. The van der Waals surface area contributed by atoms with E-state index in [1.54, 1.807) is 0 Å². The van der Waals surface area contributed by atoms with Gasteiger partial charge in [-0.1, -0.05) is 0 Å². The summed E-state index contributed by atoms with van der Waals surface area (Å²) >= 11 is 0. The van der Waals surface area contributed by atoms with Crippen LogP contribution in [0.5, 0.6) is 0 Å². The summed E-state index contributed by atoms with van der Waals surface area (Å²) in [6.45, 7) is 0. The molecule has 0 radical (unpaired) electrons. The Balaban J connectivity index is 2.39. The molecule has 1 heterocycles. The summed E-state index contributed by atoms with van der Waals surface area (Å²) in [6.07, 6.45) is 2.48. The largest absolute Gasteiger partial charge is 0.321 e. The van der Waals surface area contributed by atoms with Crippen LogP contribution in [0.4, 0.5) is 10.1 Å². The van der Waals surface area contributed by atoms with Crippen molar-refractivity contribution in [3.8, 4) is 0 Å². The second kappa shape index (κ2) is 5.31. The Morgan fingerprint density at radius 2 is 2.00 bits per heavy atom. The predicted molar refractivity (Wildman–Crippen MR) is 67.8 cm³/mol. The maximum Gasteiger partial charge on any atom is 0.257 e. The zero-order chi connectivity index (χ0) is 14.8. The fraction of sp³-hybridized carbons (Fsp3) is 0. The molecule has 1 amide bonds. The minimum absolute atomic E-state index is 0.143. The Bertz CT molecular complexity index is 750. The maximum atomic E-state index is 13.2. The van der Waals surface area contributed by atoms with E-state index < -0.39 is 21.7 Å². The normalized spacial score (nSPS) is 11.1. The highest BCUT2D eigenvalue weighted by Gasteiger charge is 2.17. The standard InChI is InChI=1S/C11H9FN4O3S/c12-8-1-2-10(20(13,18)19)9(5-8)16-11(17)7-3-4-14-15-6-7/h1-6H,(H,16,17)(H2,13,18,19). The number of primary sulfonamides is 1. The number of carbonyl (C=O) groups is 1. The molecule has 0 saturated carbocycles. The van der Waals surface area contributed by atoms with E-state index in [9.17, 15) is 17.6 Å². The number of nitrogens with two attached hydrogens (primary N) is 1. The summed E-state index contributed by atoms with van der Waals surface area (Å²) in [5.74, 6) is -1.36. The van der Waals surface area contributed by atoms with E-state index in [0.717, 1.165) is 18.2 Å². The summed E-state index contributed by atoms with van der Waals surface area (Å²) in [6, 6.07) is 4.15. The molecule has 0 unspecified atom stereocenters. The quantitative estimate of drug-likeness (QED) is 0.856. The smallest absolute Gasteiger partial charge is 0.257 e. The van der Waals surface area contributed by atoms with Gasteiger partial charge in [-0.2, -0.15) is 10.2 Å². The van der Waals surface area contributed by atoms with E-state index in [1.165, 1.54) is 18.5 Å². The lowest BCUT2D eigenvalue weighted by atomic mass is 10.2. The molecule has 104 valence electrons. The Morgan fingerprint density at radius 1 is 1.25 bits per heavy atom. The minimum Gasteiger partial charge on any atom is -0.321 e. The number of rotatable bonds is 3. The average Bonchev–Trinajstić information content (AvgIpc) is 2.38. The molecule has 3 N–H and O–H groups in total. The third kappa shape index (κ3) is 3.13. The SMILES string of the molecule is NS(=O)(=O)c1ccc(F)cc1NC(=O)c1ccnnc1. The van der Waals surface area contributed by atoms with Crippen molar-refractivity contribution in [2.75, 3.05) is 5.32 Å². The molecule has 0 spiro atoms. The van der Waals surface area contributed by atoms with Crippen molar-refractivity contribution in [3.63, 3.8) is 0 Å². The molecule has 0 aliphatic heterocycles. The van der Waals surface area contributed by atoms with Crippen LogP contribution >= 0.6 is 0 Å². The van der Waals surface area contributed by atoms with Crippen LogP contribution in [-0.2, 0) is 10.0 Å². The van der Waals surface area contributed by atoms with Crippen LogP contribution in [0.1, 0.15) is 10.4 Å². The van der Waals surface area contributed by atoms with Crippen molar-refractivity contribution in [2.24, 2.45) is 5.14 Å². The third-order valence-electron chi connectivity index (χ3n) is 2.34. The van der Waals surface area contributed by atoms with E-state index in [4.69, 9.17) is 5.14 Å². The van der Waals surface area contributed by atoms with Crippen LogP contribution in [0.25, 0.3) is 0 Å². The molecular formula is C11H9FN4O3S. The van der Waals surface area contributed by atoms with Crippen molar-refractivity contribution < 1.29 is 17.6 Å². The molecule has 0 bridgehead atoms. The maximum absolute atomic E-state index is 13.2. The van der Waals surface area contributed by atoms with Crippen LogP contribution in [0.3, 0.4) is 0 Å². The van der Waals surface area contributed by atoms with Gasteiger partial charge in [-0.3, -0.25) is 4.79 Å². The summed E-state index contributed by atoms with van der Waals surface area (Å²) in [7, 11) is -4.09. The summed E-state index contributed by atoms with van der Waals surface area (Å²) in [5, 5.41) is 14.3. The second-order valence-corrected chi connectivity index (χ2v) is 5.30. The van der Waals surface area contributed by atoms with E-state index in [1.807, 2.05) is 0 Å². The van der Waals surface area contributed by atoms with E-state index >= 15 is 0 Å². The minimum atomic E-state index is -4.09. The van der Waals surface area contributed by atoms with Crippen molar-refractivity contribution in [1.29, 1.82) is 0 Å². The molecule has 0 aliphatic rings. The molecule has 0 aliphatic carbocycles. The van der Waals surface area contributed by atoms with Gasteiger partial charge in [0.05, 0.1) is 23.6 Å². The molecule has 9 heteroatoms. The van der Waals surface area contributed by atoms with Crippen molar-refractivity contribution in [2.45, 2.75) is 4.90 Å². The summed E-state index contributed by atoms with van der Waals surface area (Å²) in [4.78, 5) is 11.5. The van der Waals surface area contributed by atoms with Gasteiger partial charge in [0.25, 0.3) is 5.91 Å².